The van der Waals surface area contributed by atoms with E-state index in [1.807, 2.05) is 0 Å². The fourth-order valence-electron chi connectivity index (χ4n) is 9.00. The predicted molar refractivity (Wildman–Crippen MR) is 190 cm³/mol. The molecule has 0 radical (unpaired) electrons. The van der Waals surface area contributed by atoms with E-state index in [1.54, 1.807) is 0 Å². The molecular weight excluding hydrogens is 555 g/mol. The molecule has 0 bridgehead atoms. The molecule has 1 unspecified atom stereocenters. The van der Waals surface area contributed by atoms with Crippen molar-refractivity contribution in [1.29, 1.82) is 0 Å². The molecule has 218 valence electrons. The Labute approximate surface area is 270 Å². The molecule has 0 fully saturated rings. The first-order chi connectivity index (χ1) is 22.8. The lowest BCUT2D eigenvalue weighted by molar-refractivity contribution is 0.792. The van der Waals surface area contributed by atoms with E-state index in [-0.39, 0.29) is 11.5 Å². The number of para-hydroxylation sites is 1. The summed E-state index contributed by atoms with van der Waals surface area (Å²) in [5.41, 5.74) is 20.1. The van der Waals surface area contributed by atoms with Crippen LogP contribution in [0.15, 0.2) is 157 Å². The minimum absolute atomic E-state index is 0.0576. The number of hydrogen-bond acceptors (Lipinski definition) is 1. The van der Waals surface area contributed by atoms with Crippen LogP contribution in [-0.2, 0) is 11.8 Å². The standard InChI is InChI=1S/C45H33N/c1-2-13-29(14-3-1)27-30-15-12-16-31(28-30)44-36-25-26-40-43(42(36)35-20-7-11-24-41(35)46-44)34-19-6-10-23-39(34)45(40)37-21-8-4-17-32(37)33-18-5-9-22-38(33)45/h1-2,4-13,15-26,28,44,46H,3,14,27H2. The monoisotopic (exact) mass is 587 g/mol. The molecule has 1 atom stereocenters. The van der Waals surface area contributed by atoms with Crippen molar-refractivity contribution in [2.75, 3.05) is 5.32 Å². The highest BCUT2D eigenvalue weighted by molar-refractivity contribution is 6.03. The van der Waals surface area contributed by atoms with E-state index in [0.29, 0.717) is 0 Å². The van der Waals surface area contributed by atoms with E-state index in [2.05, 4.69) is 157 Å². The Morgan fingerprint density at radius 2 is 1.26 bits per heavy atom. The number of nitrogens with one attached hydrogen (secondary N) is 1. The molecule has 10 rings (SSSR count). The van der Waals surface area contributed by atoms with E-state index in [4.69, 9.17) is 0 Å². The third kappa shape index (κ3) is 3.46. The van der Waals surface area contributed by atoms with Gasteiger partial charge in [-0.2, -0.15) is 0 Å². The van der Waals surface area contributed by atoms with Gasteiger partial charge in [-0.25, -0.2) is 0 Å². The van der Waals surface area contributed by atoms with Crippen molar-refractivity contribution in [2.45, 2.75) is 30.7 Å². The zero-order valence-corrected chi connectivity index (χ0v) is 25.6. The largest absolute Gasteiger partial charge is 0.374 e. The fraction of sp³-hybridized carbons (Fsp3) is 0.111. The average Bonchev–Trinajstić information content (AvgIpc) is 3.59. The van der Waals surface area contributed by atoms with Crippen LogP contribution >= 0.6 is 0 Å². The van der Waals surface area contributed by atoms with Gasteiger partial charge in [-0.05, 0) is 92.1 Å². The zero-order valence-electron chi connectivity index (χ0n) is 25.6. The van der Waals surface area contributed by atoms with Crippen LogP contribution in [-0.4, -0.2) is 0 Å². The van der Waals surface area contributed by atoms with Crippen molar-refractivity contribution in [3.05, 3.63) is 196 Å². The molecule has 3 aliphatic carbocycles. The predicted octanol–water partition coefficient (Wildman–Crippen LogP) is 11.0. The molecule has 0 saturated carbocycles. The lowest BCUT2D eigenvalue weighted by atomic mass is 9.70. The highest BCUT2D eigenvalue weighted by atomic mass is 14.9. The van der Waals surface area contributed by atoms with E-state index in [0.717, 1.165) is 19.3 Å². The molecule has 0 saturated heterocycles. The molecule has 4 aliphatic rings. The molecule has 6 aromatic rings. The van der Waals surface area contributed by atoms with E-state index >= 15 is 0 Å². The first-order valence-corrected chi connectivity index (χ1v) is 16.6. The van der Waals surface area contributed by atoms with Crippen LogP contribution in [0.4, 0.5) is 5.69 Å². The SMILES string of the molecule is C1=CCCC(Cc2cccc(C3Nc4ccccc4-c4c3ccc3c4-c4ccccc4C34c3ccccc3-c3ccccc34)c2)=C1. The van der Waals surface area contributed by atoms with Crippen LogP contribution in [0.1, 0.15) is 57.8 Å². The summed E-state index contributed by atoms with van der Waals surface area (Å²) in [6.45, 7) is 0. The van der Waals surface area contributed by atoms with Crippen molar-refractivity contribution in [3.63, 3.8) is 0 Å². The van der Waals surface area contributed by atoms with Crippen molar-refractivity contribution in [1.82, 2.24) is 0 Å². The molecular formula is C45H33N. The summed E-state index contributed by atoms with van der Waals surface area (Å²) < 4.78 is 0. The highest BCUT2D eigenvalue weighted by Gasteiger charge is 2.52. The molecule has 1 heterocycles. The van der Waals surface area contributed by atoms with Crippen LogP contribution in [0.3, 0.4) is 0 Å². The Balaban J connectivity index is 1.23. The topological polar surface area (TPSA) is 12.0 Å². The van der Waals surface area contributed by atoms with Gasteiger partial charge in [0.25, 0.3) is 0 Å². The summed E-state index contributed by atoms with van der Waals surface area (Å²) in [7, 11) is 0. The number of fused-ring (bicyclic) bond motifs is 14. The minimum atomic E-state index is -0.342. The molecule has 6 aromatic carbocycles. The average molecular weight is 588 g/mol. The lowest BCUT2D eigenvalue weighted by Crippen LogP contribution is -2.26. The summed E-state index contributed by atoms with van der Waals surface area (Å²) in [5, 5.41) is 3.98. The van der Waals surface area contributed by atoms with Gasteiger partial charge in [-0.1, -0.05) is 151 Å². The van der Waals surface area contributed by atoms with Crippen molar-refractivity contribution >= 4 is 5.69 Å². The Hall–Kier alpha value is -5.40. The molecule has 0 amide bonds. The number of rotatable bonds is 3. The quantitative estimate of drug-likeness (QED) is 0.217. The van der Waals surface area contributed by atoms with Gasteiger partial charge in [-0.15, -0.1) is 0 Å². The summed E-state index contributed by atoms with van der Waals surface area (Å²) in [6, 6.07) is 50.5. The normalized spacial score (nSPS) is 17.2. The molecule has 1 heteroatoms. The number of hydrogen-bond donors (Lipinski definition) is 1. The third-order valence-corrected chi connectivity index (χ3v) is 10.8. The molecule has 1 N–H and O–H groups in total. The second kappa shape index (κ2) is 9.80. The van der Waals surface area contributed by atoms with Crippen molar-refractivity contribution in [2.24, 2.45) is 0 Å². The second-order valence-corrected chi connectivity index (χ2v) is 13.2. The first-order valence-electron chi connectivity index (χ1n) is 16.6. The van der Waals surface area contributed by atoms with Crippen molar-refractivity contribution < 1.29 is 0 Å². The Morgan fingerprint density at radius 1 is 0.587 bits per heavy atom. The maximum Gasteiger partial charge on any atom is 0.0774 e. The Kier molecular flexibility index (Phi) is 5.51. The fourth-order valence-corrected chi connectivity index (χ4v) is 9.00. The molecule has 1 nitrogen and oxygen atoms in total. The maximum atomic E-state index is 3.98. The summed E-state index contributed by atoms with van der Waals surface area (Å²) in [4.78, 5) is 0. The van der Waals surface area contributed by atoms with Crippen LogP contribution in [0, 0.1) is 0 Å². The zero-order chi connectivity index (χ0) is 30.2. The Morgan fingerprint density at radius 3 is 2.00 bits per heavy atom. The van der Waals surface area contributed by atoms with Crippen LogP contribution < -0.4 is 5.32 Å². The van der Waals surface area contributed by atoms with Crippen molar-refractivity contribution in [3.8, 4) is 33.4 Å². The van der Waals surface area contributed by atoms with Gasteiger partial charge in [0, 0.05) is 11.3 Å². The third-order valence-electron chi connectivity index (χ3n) is 10.8. The van der Waals surface area contributed by atoms with E-state index in [1.165, 1.54) is 83.6 Å². The van der Waals surface area contributed by atoms with Crippen LogP contribution in [0.2, 0.25) is 0 Å². The van der Waals surface area contributed by atoms with Gasteiger partial charge < -0.3 is 5.32 Å². The maximum absolute atomic E-state index is 3.98. The molecule has 0 aromatic heterocycles. The summed E-state index contributed by atoms with van der Waals surface area (Å²) in [6.07, 6.45) is 10.1. The molecule has 1 spiro atoms. The van der Waals surface area contributed by atoms with Gasteiger partial charge in [-0.3, -0.25) is 0 Å². The van der Waals surface area contributed by atoms with Gasteiger partial charge in [0.15, 0.2) is 0 Å². The van der Waals surface area contributed by atoms with E-state index < -0.39 is 0 Å². The van der Waals surface area contributed by atoms with Gasteiger partial charge >= 0.3 is 0 Å². The van der Waals surface area contributed by atoms with Crippen LogP contribution in [0.5, 0.6) is 0 Å². The van der Waals surface area contributed by atoms with Gasteiger partial charge in [0.05, 0.1) is 11.5 Å². The molecule has 1 aliphatic heterocycles. The summed E-state index contributed by atoms with van der Waals surface area (Å²) >= 11 is 0. The number of benzene rings is 6. The highest BCUT2D eigenvalue weighted by Crippen LogP contribution is 2.65. The summed E-state index contributed by atoms with van der Waals surface area (Å²) in [5.74, 6) is 0. The second-order valence-electron chi connectivity index (χ2n) is 13.2. The first kappa shape index (κ1) is 25.9. The molecule has 46 heavy (non-hydrogen) atoms. The lowest BCUT2D eigenvalue weighted by Gasteiger charge is -2.34. The van der Waals surface area contributed by atoms with Gasteiger partial charge in [0.2, 0.25) is 0 Å². The Bertz CT molecular complexity index is 2240. The minimum Gasteiger partial charge on any atom is -0.374 e. The van der Waals surface area contributed by atoms with Crippen LogP contribution in [0.25, 0.3) is 33.4 Å². The number of anilines is 1. The van der Waals surface area contributed by atoms with Gasteiger partial charge in [0.1, 0.15) is 0 Å². The smallest absolute Gasteiger partial charge is 0.0774 e. The van der Waals surface area contributed by atoms with E-state index in [9.17, 15) is 0 Å². The number of allylic oxidation sites excluding steroid dienone is 4.